The van der Waals surface area contributed by atoms with Gasteiger partial charge in [0.1, 0.15) is 6.04 Å². The van der Waals surface area contributed by atoms with E-state index in [1.54, 1.807) is 11.8 Å². The van der Waals surface area contributed by atoms with Crippen molar-refractivity contribution in [2.45, 2.75) is 31.7 Å². The first-order valence-electron chi connectivity index (χ1n) is 8.69. The number of ether oxygens (including phenoxy) is 2. The molecule has 0 saturated heterocycles. The molecule has 0 radical (unpaired) electrons. The molecule has 0 unspecified atom stereocenters. The first-order valence-corrected chi connectivity index (χ1v) is 9.91. The Morgan fingerprint density at radius 3 is 2.46 bits per heavy atom. The predicted molar refractivity (Wildman–Crippen MR) is 109 cm³/mol. The molecule has 6 heteroatoms. The smallest absolute Gasteiger partial charge is 0.246 e. The van der Waals surface area contributed by atoms with E-state index in [1.807, 2.05) is 69.5 Å². The third-order valence-electron chi connectivity index (χ3n) is 3.68. The Morgan fingerprint density at radius 2 is 1.77 bits per heavy atom. The van der Waals surface area contributed by atoms with E-state index in [9.17, 15) is 4.79 Å². The largest absolute Gasteiger partial charge is 0.490 e. The summed E-state index contributed by atoms with van der Waals surface area (Å²) >= 11 is 1.60. The monoisotopic (exact) mass is 374 g/mol. The van der Waals surface area contributed by atoms with Crippen molar-refractivity contribution in [2.24, 2.45) is 0 Å². The van der Waals surface area contributed by atoms with Gasteiger partial charge in [0.15, 0.2) is 11.5 Å². The molecule has 0 heterocycles. The van der Waals surface area contributed by atoms with E-state index in [4.69, 9.17) is 9.47 Å². The molecule has 26 heavy (non-hydrogen) atoms. The molecule has 5 nitrogen and oxygen atoms in total. The molecule has 0 aliphatic rings. The number of para-hydroxylation sites is 1. The maximum atomic E-state index is 12.5. The highest BCUT2D eigenvalue weighted by Crippen LogP contribution is 2.31. The second-order valence-corrected chi connectivity index (χ2v) is 6.43. The lowest BCUT2D eigenvalue weighted by atomic mass is 10.2. The van der Waals surface area contributed by atoms with Crippen LogP contribution in [0.15, 0.2) is 47.4 Å². The summed E-state index contributed by atoms with van der Waals surface area (Å²) in [6.45, 7) is 6.80. The first kappa shape index (κ1) is 20.0. The van der Waals surface area contributed by atoms with Crippen molar-refractivity contribution < 1.29 is 14.3 Å². The fourth-order valence-corrected chi connectivity index (χ4v) is 3.00. The lowest BCUT2D eigenvalue weighted by Crippen LogP contribution is -2.32. The lowest BCUT2D eigenvalue weighted by molar-refractivity contribution is -0.116. The lowest BCUT2D eigenvalue weighted by Gasteiger charge is -2.18. The van der Waals surface area contributed by atoms with Crippen LogP contribution in [0.25, 0.3) is 0 Å². The van der Waals surface area contributed by atoms with Crippen LogP contribution in [0.1, 0.15) is 20.8 Å². The Morgan fingerprint density at radius 1 is 1.08 bits per heavy atom. The van der Waals surface area contributed by atoms with Gasteiger partial charge in [-0.3, -0.25) is 4.79 Å². The van der Waals surface area contributed by atoms with Gasteiger partial charge < -0.3 is 20.1 Å². The maximum absolute atomic E-state index is 12.5. The second kappa shape index (κ2) is 9.97. The highest BCUT2D eigenvalue weighted by atomic mass is 32.2. The third-order valence-corrected chi connectivity index (χ3v) is 4.48. The zero-order valence-electron chi connectivity index (χ0n) is 15.7. The summed E-state index contributed by atoms with van der Waals surface area (Å²) in [4.78, 5) is 13.6. The topological polar surface area (TPSA) is 59.6 Å². The molecule has 0 fully saturated rings. The van der Waals surface area contributed by atoms with E-state index in [0.29, 0.717) is 24.7 Å². The number of rotatable bonds is 9. The molecule has 2 aromatic carbocycles. The number of hydrogen-bond donors (Lipinski definition) is 2. The van der Waals surface area contributed by atoms with E-state index < -0.39 is 6.04 Å². The minimum Gasteiger partial charge on any atom is -0.490 e. The molecule has 0 bridgehead atoms. The number of carbonyl (C=O) groups excluding carboxylic acids is 1. The fraction of sp³-hybridized carbons (Fsp3) is 0.350. The van der Waals surface area contributed by atoms with Crippen molar-refractivity contribution in [1.29, 1.82) is 0 Å². The van der Waals surface area contributed by atoms with E-state index in [-0.39, 0.29) is 5.91 Å². The van der Waals surface area contributed by atoms with Crippen LogP contribution in [0, 0.1) is 0 Å². The number of thioether (sulfide) groups is 1. The van der Waals surface area contributed by atoms with Crippen molar-refractivity contribution in [3.63, 3.8) is 0 Å². The van der Waals surface area contributed by atoms with Crippen molar-refractivity contribution in [3.8, 4) is 11.5 Å². The Kier molecular flexibility index (Phi) is 7.66. The van der Waals surface area contributed by atoms with Gasteiger partial charge in [-0.2, -0.15) is 0 Å². The minimum atomic E-state index is -0.405. The third kappa shape index (κ3) is 5.33. The van der Waals surface area contributed by atoms with Crippen LogP contribution >= 0.6 is 11.8 Å². The molecule has 0 spiro atoms. The minimum absolute atomic E-state index is 0.0988. The molecule has 2 rings (SSSR count). The van der Waals surface area contributed by atoms with Crippen LogP contribution < -0.4 is 20.1 Å². The predicted octanol–water partition coefficient (Wildman–Crippen LogP) is 4.65. The van der Waals surface area contributed by atoms with Crippen LogP contribution in [0.2, 0.25) is 0 Å². The van der Waals surface area contributed by atoms with Gasteiger partial charge in [-0.25, -0.2) is 0 Å². The van der Waals surface area contributed by atoms with Gasteiger partial charge in [-0.15, -0.1) is 11.8 Å². The van der Waals surface area contributed by atoms with Gasteiger partial charge in [0, 0.05) is 16.6 Å². The first-order chi connectivity index (χ1) is 12.6. The van der Waals surface area contributed by atoms with Gasteiger partial charge in [0.2, 0.25) is 5.91 Å². The summed E-state index contributed by atoms with van der Waals surface area (Å²) in [5.74, 6) is 1.27. The highest BCUT2D eigenvalue weighted by molar-refractivity contribution is 7.98. The number of amides is 1. The molecule has 1 atom stereocenters. The van der Waals surface area contributed by atoms with Crippen molar-refractivity contribution in [2.75, 3.05) is 30.1 Å². The second-order valence-electron chi connectivity index (χ2n) is 5.58. The summed E-state index contributed by atoms with van der Waals surface area (Å²) in [6, 6.07) is 12.9. The van der Waals surface area contributed by atoms with Crippen molar-refractivity contribution >= 4 is 29.0 Å². The fourth-order valence-electron chi connectivity index (χ4n) is 2.45. The Labute approximate surface area is 159 Å². The summed E-state index contributed by atoms with van der Waals surface area (Å²) in [7, 11) is 0. The molecule has 1 amide bonds. The van der Waals surface area contributed by atoms with Crippen LogP contribution in [0.3, 0.4) is 0 Å². The van der Waals surface area contributed by atoms with E-state index in [0.717, 1.165) is 16.3 Å². The molecular formula is C20H26N2O3S. The number of hydrogen-bond acceptors (Lipinski definition) is 5. The van der Waals surface area contributed by atoms with E-state index in [1.165, 1.54) is 0 Å². The number of nitrogens with one attached hydrogen (secondary N) is 2. The average molecular weight is 375 g/mol. The number of benzene rings is 2. The van der Waals surface area contributed by atoms with Gasteiger partial charge >= 0.3 is 0 Å². The molecule has 0 aromatic heterocycles. The van der Waals surface area contributed by atoms with Crippen LogP contribution in [-0.2, 0) is 4.79 Å². The van der Waals surface area contributed by atoms with E-state index >= 15 is 0 Å². The van der Waals surface area contributed by atoms with Crippen molar-refractivity contribution in [3.05, 3.63) is 42.5 Å². The molecule has 2 N–H and O–H groups in total. The van der Waals surface area contributed by atoms with Crippen LogP contribution in [0.5, 0.6) is 11.5 Å². The van der Waals surface area contributed by atoms with Crippen LogP contribution in [-0.4, -0.2) is 31.4 Å². The van der Waals surface area contributed by atoms with Gasteiger partial charge in [0.05, 0.1) is 18.9 Å². The Balaban J connectivity index is 2.07. The van der Waals surface area contributed by atoms with Crippen molar-refractivity contribution in [1.82, 2.24) is 0 Å². The Bertz CT molecular complexity index is 737. The molecule has 140 valence electrons. The molecular weight excluding hydrogens is 348 g/mol. The highest BCUT2D eigenvalue weighted by Gasteiger charge is 2.15. The zero-order valence-corrected chi connectivity index (χ0v) is 16.5. The SMILES string of the molecule is CCOc1ccc(N[C@H](C)C(=O)Nc2ccccc2SC)cc1OCC. The maximum Gasteiger partial charge on any atom is 0.246 e. The Hall–Kier alpha value is -2.34. The van der Waals surface area contributed by atoms with Gasteiger partial charge in [-0.05, 0) is 51.3 Å². The van der Waals surface area contributed by atoms with Crippen LogP contribution in [0.4, 0.5) is 11.4 Å². The molecule has 0 aliphatic carbocycles. The molecule has 0 saturated carbocycles. The van der Waals surface area contributed by atoms with Gasteiger partial charge in [0.25, 0.3) is 0 Å². The quantitative estimate of drug-likeness (QED) is 0.626. The normalized spacial score (nSPS) is 11.5. The summed E-state index contributed by atoms with van der Waals surface area (Å²) < 4.78 is 11.2. The summed E-state index contributed by atoms with van der Waals surface area (Å²) in [5, 5.41) is 6.19. The average Bonchev–Trinajstić information content (AvgIpc) is 2.64. The summed E-state index contributed by atoms with van der Waals surface area (Å²) in [6.07, 6.45) is 1.99. The van der Waals surface area contributed by atoms with E-state index in [2.05, 4.69) is 10.6 Å². The number of carbonyl (C=O) groups is 1. The standard InChI is InChI=1S/C20H26N2O3S/c1-5-24-17-12-11-15(13-18(17)25-6-2)21-14(3)20(23)22-16-9-7-8-10-19(16)26-4/h7-14,21H,5-6H2,1-4H3,(H,22,23)/t14-/m1/s1. The van der Waals surface area contributed by atoms with Gasteiger partial charge in [-0.1, -0.05) is 12.1 Å². The molecule has 0 aliphatic heterocycles. The summed E-state index contributed by atoms with van der Waals surface area (Å²) in [5.41, 5.74) is 1.62. The number of anilines is 2. The molecule has 2 aromatic rings. The zero-order chi connectivity index (χ0) is 18.9.